The molecule has 0 radical (unpaired) electrons. The Balaban J connectivity index is 0.00000280. The monoisotopic (exact) mass is 571 g/mol. The predicted molar refractivity (Wildman–Crippen MR) is 135 cm³/mol. The van der Waals surface area contributed by atoms with Crippen LogP contribution >= 0.6 is 11.8 Å². The zero-order valence-corrected chi connectivity index (χ0v) is 25.2. The molecule has 12 nitrogen and oxygen atoms in total. The van der Waals surface area contributed by atoms with E-state index in [-0.39, 0.29) is 49.0 Å². The fourth-order valence-electron chi connectivity index (χ4n) is 4.57. The van der Waals surface area contributed by atoms with E-state index in [2.05, 4.69) is 10.6 Å². The van der Waals surface area contributed by atoms with Crippen LogP contribution in [0.25, 0.3) is 0 Å². The minimum Gasteiger partial charge on any atom is -1.00 e. The van der Waals surface area contributed by atoms with Gasteiger partial charge in [0.25, 0.3) is 5.91 Å². The van der Waals surface area contributed by atoms with Gasteiger partial charge >= 0.3 is 47.6 Å². The minimum atomic E-state index is -1.33. The molecule has 0 saturated carbocycles. The third-order valence-corrected chi connectivity index (χ3v) is 7.49. The van der Waals surface area contributed by atoms with Crippen molar-refractivity contribution in [2.45, 2.75) is 63.6 Å². The normalized spacial score (nSPS) is 22.3. The van der Waals surface area contributed by atoms with Gasteiger partial charge in [-0.3, -0.25) is 19.3 Å². The van der Waals surface area contributed by atoms with Crippen molar-refractivity contribution < 1.29 is 74.3 Å². The standard InChI is InChI=1S/C25H29N3O9S.Na.H/c1-12(29)36-10-14-11-38-22-18(21(31)28(22)19(14)23(32)33)26-20(30)17(27-24(34)37-25(2,3)4)16-6-5-13-9-35-8-7-15(13)16;;/h7-9,17-18,22H,5-6,10-11H2,1-4H3,(H,26,30)(H,27,34)(H,32,33);;/q;+1;-1. The van der Waals surface area contributed by atoms with Crippen molar-refractivity contribution in [3.63, 3.8) is 0 Å². The summed E-state index contributed by atoms with van der Waals surface area (Å²) in [6, 6.07) is -2.13. The van der Waals surface area contributed by atoms with Crippen LogP contribution in [-0.4, -0.2) is 75.3 Å². The SMILES string of the molecule is CC(=O)OCC1=C(C(=O)O)N2C(=O)C(NC(=O)C(NC(=O)OC(C)(C)C)C3=C4C=COC=C4CC3)C2SC1.[H-].[Na+]. The number of nitrogens with zero attached hydrogens (tertiary/aromatic N) is 1. The van der Waals surface area contributed by atoms with Gasteiger partial charge < -0.3 is 31.4 Å². The number of carboxylic acid groups (broad SMARTS) is 1. The first kappa shape index (κ1) is 30.8. The summed E-state index contributed by atoms with van der Waals surface area (Å²) in [7, 11) is 0. The third kappa shape index (κ3) is 6.71. The van der Waals surface area contributed by atoms with Crippen LogP contribution < -0.4 is 40.2 Å². The number of aliphatic carboxylic acids is 1. The zero-order chi connectivity index (χ0) is 27.8. The van der Waals surface area contributed by atoms with E-state index in [4.69, 9.17) is 14.2 Å². The molecule has 39 heavy (non-hydrogen) atoms. The summed E-state index contributed by atoms with van der Waals surface area (Å²) in [5, 5.41) is 14.4. The quantitative estimate of drug-likeness (QED) is 0.193. The summed E-state index contributed by atoms with van der Waals surface area (Å²) in [5.74, 6) is -2.94. The summed E-state index contributed by atoms with van der Waals surface area (Å²) in [6.07, 6.45) is 5.09. The van der Waals surface area contributed by atoms with Crippen LogP contribution in [0.3, 0.4) is 0 Å². The van der Waals surface area contributed by atoms with Gasteiger partial charge in [0.05, 0.1) is 12.5 Å². The Morgan fingerprint density at radius 3 is 2.64 bits per heavy atom. The van der Waals surface area contributed by atoms with Crippen molar-refractivity contribution in [2.24, 2.45) is 0 Å². The first-order valence-corrected chi connectivity index (χ1v) is 13.0. The van der Waals surface area contributed by atoms with Gasteiger partial charge in [-0.15, -0.1) is 11.8 Å². The van der Waals surface area contributed by atoms with Gasteiger partial charge in [0.15, 0.2) is 0 Å². The second-order valence-corrected chi connectivity index (χ2v) is 11.1. The van der Waals surface area contributed by atoms with Crippen molar-refractivity contribution >= 4 is 41.6 Å². The first-order chi connectivity index (χ1) is 17.9. The van der Waals surface area contributed by atoms with Crippen LogP contribution in [-0.2, 0) is 33.4 Å². The Hall–Kier alpha value is -2.74. The number of carbonyl (C=O) groups excluding carboxylic acids is 4. The molecule has 206 valence electrons. The zero-order valence-electron chi connectivity index (χ0n) is 23.4. The molecule has 4 aliphatic rings. The first-order valence-electron chi connectivity index (χ1n) is 11.9. The van der Waals surface area contributed by atoms with Crippen LogP contribution in [0.5, 0.6) is 0 Å². The minimum absolute atomic E-state index is 0. The van der Waals surface area contributed by atoms with E-state index in [1.165, 1.54) is 24.9 Å². The van der Waals surface area contributed by atoms with E-state index in [1.807, 2.05) is 0 Å². The van der Waals surface area contributed by atoms with E-state index in [0.717, 1.165) is 16.0 Å². The topological polar surface area (TPSA) is 161 Å². The largest absolute Gasteiger partial charge is 1.00 e. The van der Waals surface area contributed by atoms with Gasteiger partial charge in [0.2, 0.25) is 5.91 Å². The number of alkyl carbamates (subject to hydrolysis) is 1. The summed E-state index contributed by atoms with van der Waals surface area (Å²) in [6.45, 7) is 6.06. The van der Waals surface area contributed by atoms with Gasteiger partial charge in [-0.25, -0.2) is 9.59 Å². The van der Waals surface area contributed by atoms with E-state index < -0.39 is 52.9 Å². The van der Waals surface area contributed by atoms with Gasteiger partial charge in [-0.1, -0.05) is 0 Å². The van der Waals surface area contributed by atoms with Gasteiger partial charge in [0, 0.05) is 18.2 Å². The van der Waals surface area contributed by atoms with Gasteiger partial charge in [-0.2, -0.15) is 0 Å². The fraction of sp³-hybridized carbons (Fsp3) is 0.480. The second kappa shape index (κ2) is 12.2. The molecular weight excluding hydrogens is 541 g/mol. The number of rotatable bonds is 7. The Morgan fingerprint density at radius 1 is 1.28 bits per heavy atom. The average molecular weight is 572 g/mol. The van der Waals surface area contributed by atoms with Crippen molar-refractivity contribution in [1.29, 1.82) is 0 Å². The molecule has 0 spiro atoms. The maximum atomic E-state index is 13.5. The fourth-order valence-corrected chi connectivity index (χ4v) is 5.89. The molecular formula is C25H30N3NaO9S. The maximum Gasteiger partial charge on any atom is 1.00 e. The summed E-state index contributed by atoms with van der Waals surface area (Å²) < 4.78 is 15.5. The van der Waals surface area contributed by atoms with Crippen molar-refractivity contribution in [3.05, 3.63) is 46.6 Å². The van der Waals surface area contributed by atoms with E-state index in [1.54, 1.807) is 33.1 Å². The Kier molecular flexibility index (Phi) is 9.63. The van der Waals surface area contributed by atoms with E-state index in [9.17, 15) is 29.1 Å². The molecule has 0 bridgehead atoms. The summed E-state index contributed by atoms with van der Waals surface area (Å²) in [5.41, 5.74) is 1.55. The Bertz CT molecular complexity index is 1220. The number of thioether (sulfide) groups is 1. The van der Waals surface area contributed by atoms with Crippen LogP contribution in [0, 0.1) is 0 Å². The molecule has 1 aliphatic carbocycles. The van der Waals surface area contributed by atoms with E-state index in [0.29, 0.717) is 24.0 Å². The van der Waals surface area contributed by atoms with Crippen molar-refractivity contribution in [1.82, 2.24) is 15.5 Å². The molecule has 3 heterocycles. The molecule has 4 rings (SSSR count). The molecule has 3 unspecified atom stereocenters. The molecule has 3 N–H and O–H groups in total. The number of ether oxygens (including phenoxy) is 3. The number of allylic oxidation sites excluding steroid dienone is 3. The molecule has 1 fully saturated rings. The molecule has 14 heteroatoms. The molecule has 0 aromatic heterocycles. The van der Waals surface area contributed by atoms with Crippen LogP contribution in [0.15, 0.2) is 46.6 Å². The molecule has 0 aromatic carbocycles. The molecule has 1 saturated heterocycles. The molecule has 0 aromatic rings. The molecule has 3 aliphatic heterocycles. The smallest absolute Gasteiger partial charge is 1.00 e. The number of β-lactam (4-membered cyclic amide) rings is 1. The average Bonchev–Trinajstić information content (AvgIpc) is 3.26. The number of nitrogens with one attached hydrogen (secondary N) is 2. The third-order valence-electron chi connectivity index (χ3n) is 6.15. The van der Waals surface area contributed by atoms with Crippen molar-refractivity contribution in [3.8, 4) is 0 Å². The molecule has 3 atom stereocenters. The number of esters is 1. The van der Waals surface area contributed by atoms with Crippen molar-refractivity contribution in [2.75, 3.05) is 12.4 Å². The van der Waals surface area contributed by atoms with Crippen LogP contribution in [0.1, 0.15) is 42.0 Å². The maximum absolute atomic E-state index is 13.5. The van der Waals surface area contributed by atoms with Gasteiger partial charge in [-0.05, 0) is 56.4 Å². The molecule has 3 amide bonds. The predicted octanol–water partition coefficient (Wildman–Crippen LogP) is -1.18. The van der Waals surface area contributed by atoms with E-state index >= 15 is 0 Å². The number of fused-ring (bicyclic) bond motifs is 2. The number of hydrogen-bond acceptors (Lipinski definition) is 9. The number of amides is 3. The Labute approximate surface area is 253 Å². The van der Waals surface area contributed by atoms with Gasteiger partial charge in [0.1, 0.15) is 35.4 Å². The Morgan fingerprint density at radius 2 is 2.00 bits per heavy atom. The van der Waals surface area contributed by atoms with Crippen LogP contribution in [0.2, 0.25) is 0 Å². The number of carbonyl (C=O) groups is 5. The number of carboxylic acids is 1. The summed E-state index contributed by atoms with van der Waals surface area (Å²) >= 11 is 1.25. The number of hydrogen-bond donors (Lipinski definition) is 3. The summed E-state index contributed by atoms with van der Waals surface area (Å²) in [4.78, 5) is 63.4. The second-order valence-electron chi connectivity index (χ2n) is 10.0. The van der Waals surface area contributed by atoms with Crippen LogP contribution in [0.4, 0.5) is 4.79 Å².